The number of halogens is 1. The van der Waals surface area contributed by atoms with Crippen LogP contribution in [0.1, 0.15) is 47.3 Å². The van der Waals surface area contributed by atoms with E-state index in [2.05, 4.69) is 25.2 Å². The standard InChI is InChI=1S/C38H44ClN7O5S/c1-44(2)16-7-19-51-28-11-12-29-30(21-28)43-25-46(37(29)49)23-38(50)13-17-45(18-14-38)36(48)27(20-26-8-4-3-5-9-26)10-6-15-40-35(47)32-22-31-33(52-32)34(39)42-24-41-31/h3-5,8-9,11-12,21-22,24-25,27,50H,6-7,10,13-20,23H2,1-2H3,(H,40,47)/t27-/m1/s1. The largest absolute Gasteiger partial charge is 0.493 e. The molecule has 4 heterocycles. The number of nitrogens with zero attached hydrogens (tertiary/aromatic N) is 6. The van der Waals surface area contributed by atoms with Crippen molar-refractivity contribution in [2.24, 2.45) is 5.92 Å². The van der Waals surface area contributed by atoms with E-state index in [9.17, 15) is 19.5 Å². The molecule has 1 aliphatic rings. The minimum absolute atomic E-state index is 0.0271. The second kappa shape index (κ2) is 16.9. The third kappa shape index (κ3) is 9.32. The van der Waals surface area contributed by atoms with Crippen LogP contribution < -0.4 is 15.6 Å². The number of piperidine rings is 1. The molecule has 5 aromatic rings. The first kappa shape index (κ1) is 37.3. The van der Waals surface area contributed by atoms with Gasteiger partial charge in [-0.2, -0.15) is 0 Å². The number of amides is 2. The number of ether oxygens (including phenoxy) is 1. The number of hydrogen-bond acceptors (Lipinski definition) is 10. The molecule has 2 aromatic carbocycles. The zero-order valence-electron chi connectivity index (χ0n) is 29.5. The molecule has 2 amide bonds. The Morgan fingerprint density at radius 2 is 1.85 bits per heavy atom. The predicted molar refractivity (Wildman–Crippen MR) is 203 cm³/mol. The lowest BCUT2D eigenvalue weighted by molar-refractivity contribution is -0.140. The number of carbonyl (C=O) groups is 2. The second-order valence-corrected chi connectivity index (χ2v) is 15.1. The minimum atomic E-state index is -1.16. The third-order valence-corrected chi connectivity index (χ3v) is 11.0. The van der Waals surface area contributed by atoms with Crippen LogP contribution in [0.4, 0.5) is 0 Å². The van der Waals surface area contributed by atoms with Crippen molar-refractivity contribution in [3.63, 3.8) is 0 Å². The highest BCUT2D eigenvalue weighted by Crippen LogP contribution is 2.29. The minimum Gasteiger partial charge on any atom is -0.493 e. The molecule has 0 unspecified atom stereocenters. The topological polar surface area (TPSA) is 143 Å². The smallest absolute Gasteiger partial charge is 0.261 e. The number of aliphatic hydroxyl groups is 1. The molecule has 2 N–H and O–H groups in total. The summed E-state index contributed by atoms with van der Waals surface area (Å²) in [4.78, 5) is 57.3. The average Bonchev–Trinajstić information content (AvgIpc) is 3.59. The van der Waals surface area contributed by atoms with Crippen molar-refractivity contribution < 1.29 is 19.4 Å². The van der Waals surface area contributed by atoms with Crippen LogP contribution in [0.5, 0.6) is 5.75 Å². The molecule has 274 valence electrons. The monoisotopic (exact) mass is 745 g/mol. The first-order valence-electron chi connectivity index (χ1n) is 17.6. The van der Waals surface area contributed by atoms with Crippen LogP contribution in [0, 0.1) is 5.92 Å². The molecular formula is C38H44ClN7O5S. The Bertz CT molecular complexity index is 2060. The van der Waals surface area contributed by atoms with E-state index < -0.39 is 5.60 Å². The first-order chi connectivity index (χ1) is 25.1. The number of benzene rings is 2. The normalized spacial score (nSPS) is 14.9. The SMILES string of the molecule is CN(C)CCCOc1ccc2c(=O)n(CC3(O)CCN(C(=O)[C@H](CCCNC(=O)c4cc5ncnc(Cl)c5s4)Cc4ccccc4)CC3)cnc2c1. The van der Waals surface area contributed by atoms with E-state index in [1.807, 2.05) is 49.3 Å². The molecule has 1 atom stereocenters. The van der Waals surface area contributed by atoms with Crippen LogP contribution in [0.15, 0.2) is 72.0 Å². The summed E-state index contributed by atoms with van der Waals surface area (Å²) >= 11 is 7.41. The number of carbonyl (C=O) groups excluding carboxylic acids is 2. The summed E-state index contributed by atoms with van der Waals surface area (Å²) in [5, 5.41) is 15.3. The Morgan fingerprint density at radius 1 is 1.06 bits per heavy atom. The van der Waals surface area contributed by atoms with E-state index in [-0.39, 0.29) is 29.8 Å². The number of rotatable bonds is 15. The van der Waals surface area contributed by atoms with Gasteiger partial charge < -0.3 is 25.0 Å². The lowest BCUT2D eigenvalue weighted by Crippen LogP contribution is -2.51. The van der Waals surface area contributed by atoms with Crippen molar-refractivity contribution in [1.29, 1.82) is 0 Å². The molecule has 1 fully saturated rings. The van der Waals surface area contributed by atoms with Crippen molar-refractivity contribution in [2.75, 3.05) is 46.9 Å². The van der Waals surface area contributed by atoms with Crippen molar-refractivity contribution in [3.05, 3.63) is 93.2 Å². The van der Waals surface area contributed by atoms with Crippen molar-refractivity contribution in [1.82, 2.24) is 34.6 Å². The van der Waals surface area contributed by atoms with E-state index in [0.29, 0.717) is 95.2 Å². The van der Waals surface area contributed by atoms with E-state index in [1.165, 1.54) is 28.6 Å². The summed E-state index contributed by atoms with van der Waals surface area (Å²) in [6.07, 6.45) is 6.17. The number of fused-ring (bicyclic) bond motifs is 2. The highest BCUT2D eigenvalue weighted by molar-refractivity contribution is 7.21. The van der Waals surface area contributed by atoms with Gasteiger partial charge in [0.05, 0.1) is 51.1 Å². The molecule has 0 saturated carbocycles. The predicted octanol–water partition coefficient (Wildman–Crippen LogP) is 4.81. The van der Waals surface area contributed by atoms with Crippen LogP contribution in [-0.2, 0) is 17.8 Å². The highest BCUT2D eigenvalue weighted by Gasteiger charge is 2.36. The van der Waals surface area contributed by atoms with E-state index in [1.54, 1.807) is 24.3 Å². The highest BCUT2D eigenvalue weighted by atomic mass is 35.5. The molecular weight excluding hydrogens is 702 g/mol. The number of nitrogens with one attached hydrogen (secondary N) is 1. The number of hydrogen-bond donors (Lipinski definition) is 2. The van der Waals surface area contributed by atoms with Gasteiger partial charge in [0.1, 0.15) is 17.2 Å². The Balaban J connectivity index is 1.04. The summed E-state index contributed by atoms with van der Waals surface area (Å²) in [5.74, 6) is 0.179. The molecule has 0 spiro atoms. The lowest BCUT2D eigenvalue weighted by Gasteiger charge is -2.39. The molecule has 52 heavy (non-hydrogen) atoms. The van der Waals surface area contributed by atoms with Crippen LogP contribution in [0.2, 0.25) is 5.15 Å². The fraction of sp³-hybridized carbons (Fsp3) is 0.421. The van der Waals surface area contributed by atoms with Gasteiger partial charge in [-0.15, -0.1) is 11.3 Å². The molecule has 3 aromatic heterocycles. The van der Waals surface area contributed by atoms with Crippen LogP contribution >= 0.6 is 22.9 Å². The van der Waals surface area contributed by atoms with Gasteiger partial charge in [0.25, 0.3) is 11.5 Å². The lowest BCUT2D eigenvalue weighted by atomic mass is 9.88. The third-order valence-electron chi connectivity index (χ3n) is 9.47. The van der Waals surface area contributed by atoms with Gasteiger partial charge in [-0.3, -0.25) is 19.0 Å². The van der Waals surface area contributed by atoms with Gasteiger partial charge in [0.15, 0.2) is 0 Å². The van der Waals surface area contributed by atoms with Gasteiger partial charge in [0.2, 0.25) is 5.91 Å². The Labute approximate surface area is 311 Å². The fourth-order valence-corrected chi connectivity index (χ4v) is 7.74. The van der Waals surface area contributed by atoms with E-state index >= 15 is 0 Å². The van der Waals surface area contributed by atoms with Gasteiger partial charge >= 0.3 is 0 Å². The molecule has 14 heteroatoms. The van der Waals surface area contributed by atoms with Gasteiger partial charge in [0, 0.05) is 38.2 Å². The Hall–Kier alpha value is -4.43. The molecule has 6 rings (SSSR count). The van der Waals surface area contributed by atoms with Crippen molar-refractivity contribution in [2.45, 2.75) is 50.7 Å². The number of likely N-dealkylation sites (tertiary alicyclic amines) is 1. The Kier molecular flexibility index (Phi) is 12.2. The van der Waals surface area contributed by atoms with Crippen molar-refractivity contribution in [3.8, 4) is 5.75 Å². The van der Waals surface area contributed by atoms with E-state index in [0.717, 1.165) is 18.5 Å². The van der Waals surface area contributed by atoms with Crippen LogP contribution in [0.3, 0.4) is 0 Å². The van der Waals surface area contributed by atoms with Crippen molar-refractivity contribution >= 4 is 55.9 Å². The summed E-state index contributed by atoms with van der Waals surface area (Å²) in [6, 6.07) is 16.9. The molecule has 0 radical (unpaired) electrons. The summed E-state index contributed by atoms with van der Waals surface area (Å²) in [5.41, 5.74) is 0.850. The zero-order chi connectivity index (χ0) is 36.7. The maximum absolute atomic E-state index is 13.9. The first-order valence-corrected chi connectivity index (χ1v) is 18.8. The van der Waals surface area contributed by atoms with Gasteiger partial charge in [-0.25, -0.2) is 15.0 Å². The van der Waals surface area contributed by atoms with E-state index in [4.69, 9.17) is 16.3 Å². The van der Waals surface area contributed by atoms with Crippen LogP contribution in [-0.4, -0.2) is 98.7 Å². The summed E-state index contributed by atoms with van der Waals surface area (Å²) in [7, 11) is 4.04. The van der Waals surface area contributed by atoms with Gasteiger partial charge in [-0.05, 0) is 76.4 Å². The van der Waals surface area contributed by atoms with Gasteiger partial charge in [-0.1, -0.05) is 41.9 Å². The maximum Gasteiger partial charge on any atom is 0.261 e. The summed E-state index contributed by atoms with van der Waals surface area (Å²) < 4.78 is 7.98. The number of aromatic nitrogens is 4. The molecule has 12 nitrogen and oxygen atoms in total. The molecule has 1 saturated heterocycles. The zero-order valence-corrected chi connectivity index (χ0v) is 31.0. The number of thiophene rings is 1. The van der Waals surface area contributed by atoms with Crippen LogP contribution in [0.25, 0.3) is 21.1 Å². The summed E-state index contributed by atoms with van der Waals surface area (Å²) in [6.45, 7) is 2.73. The molecule has 1 aliphatic heterocycles. The quantitative estimate of drug-likeness (QED) is 0.114. The second-order valence-electron chi connectivity index (χ2n) is 13.7. The average molecular weight is 746 g/mol. The Morgan fingerprint density at radius 3 is 2.60 bits per heavy atom. The molecule has 0 bridgehead atoms. The fourth-order valence-electron chi connectivity index (χ4n) is 6.57. The molecule has 0 aliphatic carbocycles. The maximum atomic E-state index is 13.9.